The van der Waals surface area contributed by atoms with Gasteiger partial charge in [-0.15, -0.1) is 0 Å². The highest BCUT2D eigenvalue weighted by molar-refractivity contribution is 7.61. The van der Waals surface area contributed by atoms with Gasteiger partial charge in [0.2, 0.25) is 0 Å². The summed E-state index contributed by atoms with van der Waals surface area (Å²) in [5.74, 6) is -0.0304. The first-order chi connectivity index (χ1) is 24.9. The standard InChI is InChI=1S/C43H40O7P2/c1-30-13-5-9-17-34(30)29-42(35-21-25-37(26-22-35)48-51(44,45)50-52(46,47)49-38-27-23-36(42)24-28-38)43(39-18-10-6-14-31(39)2,40-19-11-7-15-32(40)3)41-20-12-8-16-33(41)4/h5-28H,29H2,1-4H3,(H,44,45)(H,46,47). The van der Waals surface area contributed by atoms with Crippen molar-refractivity contribution in [3.05, 3.63) is 201 Å². The van der Waals surface area contributed by atoms with Gasteiger partial charge in [0, 0.05) is 5.41 Å². The Bertz CT molecular complexity index is 2170. The number of aryl methyl sites for hydroxylation is 4. The minimum atomic E-state index is -5.10. The molecule has 6 aromatic carbocycles. The molecule has 0 aliphatic carbocycles. The summed E-state index contributed by atoms with van der Waals surface area (Å²) in [5.41, 5.74) is 8.74. The quantitative estimate of drug-likeness (QED) is 0.130. The SMILES string of the molecule is Cc1ccccc1CC1(C(c2ccccc2C)(c2ccccc2C)c2ccccc2C)c2ccc(cc2)OP(=O)(O)OP(=O)(O)Oc2ccc1cc2. The van der Waals surface area contributed by atoms with Crippen LogP contribution < -0.4 is 9.05 Å². The molecule has 10 rings (SSSR count). The molecular weight excluding hydrogens is 690 g/mol. The molecule has 0 saturated heterocycles. The summed E-state index contributed by atoms with van der Waals surface area (Å²) in [6.07, 6.45) is 0.511. The molecule has 0 spiro atoms. The van der Waals surface area contributed by atoms with Gasteiger partial charge < -0.3 is 9.05 Å². The Labute approximate surface area is 304 Å². The van der Waals surface area contributed by atoms with Crippen LogP contribution in [0.2, 0.25) is 0 Å². The lowest BCUT2D eigenvalue weighted by atomic mass is 9.46. The zero-order valence-corrected chi connectivity index (χ0v) is 31.2. The van der Waals surface area contributed by atoms with Crippen LogP contribution >= 0.6 is 15.6 Å². The molecule has 264 valence electrons. The molecule has 2 unspecified atom stereocenters. The number of phosphoric acid groups is 2. The molecule has 0 amide bonds. The number of benzene rings is 6. The van der Waals surface area contributed by atoms with Crippen molar-refractivity contribution >= 4 is 15.6 Å². The predicted octanol–water partition coefficient (Wildman–Crippen LogP) is 10.5. The van der Waals surface area contributed by atoms with Crippen LogP contribution in [0.4, 0.5) is 0 Å². The Hall–Kier alpha value is -4.74. The minimum Gasteiger partial charge on any atom is -0.404 e. The third kappa shape index (κ3) is 6.23. The van der Waals surface area contributed by atoms with Gasteiger partial charge in [0.15, 0.2) is 0 Å². The Morgan fingerprint density at radius 3 is 1.21 bits per heavy atom. The Kier molecular flexibility index (Phi) is 9.37. The van der Waals surface area contributed by atoms with Gasteiger partial charge >= 0.3 is 15.6 Å². The van der Waals surface area contributed by atoms with E-state index in [4.69, 9.17) is 9.05 Å². The highest BCUT2D eigenvalue weighted by atomic mass is 31.3. The van der Waals surface area contributed by atoms with Gasteiger partial charge in [0.25, 0.3) is 0 Å². The topological polar surface area (TPSA) is 102 Å². The summed E-state index contributed by atoms with van der Waals surface area (Å²) < 4.78 is 41.4. The molecule has 2 atom stereocenters. The van der Waals surface area contributed by atoms with Crippen molar-refractivity contribution in [3.63, 3.8) is 0 Å². The molecule has 52 heavy (non-hydrogen) atoms. The third-order valence-corrected chi connectivity index (χ3v) is 12.9. The van der Waals surface area contributed by atoms with Crippen LogP contribution in [0.3, 0.4) is 0 Å². The number of rotatable bonds is 6. The van der Waals surface area contributed by atoms with E-state index in [2.05, 4.69) is 123 Å². The van der Waals surface area contributed by atoms with Gasteiger partial charge in [0.1, 0.15) is 11.5 Å². The largest absolute Gasteiger partial charge is 0.537 e. The molecule has 2 N–H and O–H groups in total. The highest BCUT2D eigenvalue weighted by Crippen LogP contribution is 2.63. The van der Waals surface area contributed by atoms with Crippen molar-refractivity contribution in [1.82, 2.24) is 0 Å². The first kappa shape index (κ1) is 35.7. The van der Waals surface area contributed by atoms with Crippen LogP contribution in [0.25, 0.3) is 0 Å². The van der Waals surface area contributed by atoms with E-state index in [1.807, 2.05) is 30.3 Å². The van der Waals surface area contributed by atoms with Crippen LogP contribution in [-0.4, -0.2) is 9.79 Å². The van der Waals surface area contributed by atoms with Gasteiger partial charge in [-0.05, 0) is 114 Å². The normalized spacial score (nSPS) is 21.6. The van der Waals surface area contributed by atoms with Crippen LogP contribution in [0.5, 0.6) is 11.5 Å². The molecule has 0 radical (unpaired) electrons. The van der Waals surface area contributed by atoms with Crippen molar-refractivity contribution in [3.8, 4) is 11.5 Å². The second-order valence-electron chi connectivity index (χ2n) is 13.5. The van der Waals surface area contributed by atoms with Crippen molar-refractivity contribution in [2.45, 2.75) is 44.9 Å². The lowest BCUT2D eigenvalue weighted by Gasteiger charge is -2.55. The van der Waals surface area contributed by atoms with E-state index in [-0.39, 0.29) is 11.5 Å². The van der Waals surface area contributed by atoms with E-state index in [1.165, 1.54) is 0 Å². The molecule has 4 aliphatic rings. The second kappa shape index (κ2) is 13.7. The van der Waals surface area contributed by atoms with E-state index in [9.17, 15) is 18.9 Å². The Morgan fingerprint density at radius 1 is 0.500 bits per heavy atom. The average molecular weight is 731 g/mol. The zero-order valence-electron chi connectivity index (χ0n) is 29.4. The zero-order chi connectivity index (χ0) is 36.7. The maximum absolute atomic E-state index is 13.0. The first-order valence-corrected chi connectivity index (χ1v) is 20.1. The number of phosphoric ester groups is 2. The minimum absolute atomic E-state index is 0.0152. The Balaban J connectivity index is 1.75. The monoisotopic (exact) mass is 730 g/mol. The number of hydrogen-bond acceptors (Lipinski definition) is 5. The van der Waals surface area contributed by atoms with Gasteiger partial charge in [-0.25, -0.2) is 9.13 Å². The summed E-state index contributed by atoms with van der Waals surface area (Å²) in [5, 5.41) is 0. The lowest BCUT2D eigenvalue weighted by Crippen LogP contribution is -2.54. The van der Waals surface area contributed by atoms with E-state index in [0.29, 0.717) is 6.42 Å². The smallest absolute Gasteiger partial charge is 0.404 e. The maximum atomic E-state index is 13.0. The molecule has 9 heteroatoms. The number of hydrogen-bond donors (Lipinski definition) is 2. The molecule has 0 aromatic heterocycles. The van der Waals surface area contributed by atoms with E-state index < -0.39 is 26.5 Å². The van der Waals surface area contributed by atoms with Crippen LogP contribution in [-0.2, 0) is 30.7 Å². The van der Waals surface area contributed by atoms with Crippen molar-refractivity contribution in [2.75, 3.05) is 0 Å². The third-order valence-electron chi connectivity index (χ3n) is 10.3. The van der Waals surface area contributed by atoms with Gasteiger partial charge in [-0.2, -0.15) is 4.31 Å². The molecule has 4 aliphatic heterocycles. The molecule has 7 nitrogen and oxygen atoms in total. The Morgan fingerprint density at radius 2 is 0.846 bits per heavy atom. The second-order valence-corrected chi connectivity index (χ2v) is 16.3. The molecule has 0 saturated carbocycles. The molecular formula is C43H40O7P2. The summed E-state index contributed by atoms with van der Waals surface area (Å²) in [4.78, 5) is 21.1. The van der Waals surface area contributed by atoms with Crippen molar-refractivity contribution in [1.29, 1.82) is 0 Å². The summed E-state index contributed by atoms with van der Waals surface area (Å²) >= 11 is 0. The fourth-order valence-corrected chi connectivity index (χ4v) is 10.3. The maximum Gasteiger partial charge on any atom is 0.537 e. The van der Waals surface area contributed by atoms with Gasteiger partial charge in [-0.3, -0.25) is 9.79 Å². The first-order valence-electron chi connectivity index (χ1n) is 17.1. The molecule has 4 bridgehead atoms. The van der Waals surface area contributed by atoms with E-state index >= 15 is 0 Å². The van der Waals surface area contributed by atoms with Crippen molar-refractivity contribution < 1.29 is 32.3 Å². The molecule has 6 aromatic rings. The van der Waals surface area contributed by atoms with Crippen LogP contribution in [0.1, 0.15) is 55.6 Å². The average Bonchev–Trinajstić information content (AvgIpc) is 3.10. The summed E-state index contributed by atoms with van der Waals surface area (Å²) in [7, 11) is -10.2. The summed E-state index contributed by atoms with van der Waals surface area (Å²) in [6.45, 7) is 8.57. The van der Waals surface area contributed by atoms with Gasteiger partial charge in [0.05, 0.1) is 5.41 Å². The fourth-order valence-electron chi connectivity index (χ4n) is 8.17. The van der Waals surface area contributed by atoms with Crippen LogP contribution in [0.15, 0.2) is 146 Å². The predicted molar refractivity (Wildman–Crippen MR) is 204 cm³/mol. The van der Waals surface area contributed by atoms with Crippen molar-refractivity contribution in [2.24, 2.45) is 0 Å². The fraction of sp³-hybridized carbons (Fsp3) is 0.163. The highest BCUT2D eigenvalue weighted by Gasteiger charge is 2.58. The van der Waals surface area contributed by atoms with E-state index in [1.54, 1.807) is 24.3 Å². The molecule has 0 fully saturated rings. The van der Waals surface area contributed by atoms with Crippen LogP contribution in [0, 0.1) is 27.7 Å². The lowest BCUT2D eigenvalue weighted by molar-refractivity contribution is 0.234. The summed E-state index contributed by atoms with van der Waals surface area (Å²) in [6, 6.07) is 48.0. The van der Waals surface area contributed by atoms with E-state index in [0.717, 1.165) is 55.6 Å². The molecule has 4 heterocycles. The van der Waals surface area contributed by atoms with Gasteiger partial charge in [-0.1, -0.05) is 121 Å².